The van der Waals surface area contributed by atoms with Gasteiger partial charge in [-0.05, 0) is 61.8 Å². The van der Waals surface area contributed by atoms with E-state index in [4.69, 9.17) is 17.0 Å². The Balaban J connectivity index is 1.75. The number of esters is 1. The largest absolute Gasteiger partial charge is 0.462 e. The summed E-state index contributed by atoms with van der Waals surface area (Å²) in [6, 6.07) is 14.1. The number of allylic oxidation sites excluding steroid dienone is 1. The van der Waals surface area contributed by atoms with E-state index in [-0.39, 0.29) is 17.9 Å². The van der Waals surface area contributed by atoms with Crippen LogP contribution in [0.2, 0.25) is 0 Å². The van der Waals surface area contributed by atoms with E-state index in [1.807, 2.05) is 71.1 Å². The molecule has 8 heteroatoms. The molecule has 0 fully saturated rings. The molecule has 1 heterocycles. The molecule has 0 spiro atoms. The highest BCUT2D eigenvalue weighted by molar-refractivity contribution is 7.80. The summed E-state index contributed by atoms with van der Waals surface area (Å²) in [4.78, 5) is 27.0. The molecule has 2 amide bonds. The Morgan fingerprint density at radius 1 is 1.03 bits per heavy atom. The number of hydrogen-bond acceptors (Lipinski definition) is 4. The van der Waals surface area contributed by atoms with Crippen LogP contribution >= 0.6 is 12.2 Å². The van der Waals surface area contributed by atoms with Crippen molar-refractivity contribution in [1.29, 1.82) is 0 Å². The third-order valence-electron chi connectivity index (χ3n) is 5.33. The fraction of sp³-hybridized carbons (Fsp3) is 0.320. The Labute approximate surface area is 200 Å². The van der Waals surface area contributed by atoms with E-state index in [9.17, 15) is 9.59 Å². The van der Waals surface area contributed by atoms with E-state index in [0.717, 1.165) is 16.8 Å². The molecule has 1 atom stereocenters. The summed E-state index contributed by atoms with van der Waals surface area (Å²) >= 11 is 5.44. The summed E-state index contributed by atoms with van der Waals surface area (Å²) in [6.07, 6.45) is 0. The summed E-state index contributed by atoms with van der Waals surface area (Å²) in [5.41, 5.74) is 4.57. The van der Waals surface area contributed by atoms with Crippen LogP contribution < -0.4 is 16.0 Å². The minimum atomic E-state index is -0.441. The zero-order valence-corrected chi connectivity index (χ0v) is 20.4. The third-order valence-corrected chi connectivity index (χ3v) is 5.72. The van der Waals surface area contributed by atoms with Crippen LogP contribution in [0, 0.1) is 12.8 Å². The molecular weight excluding hydrogens is 436 g/mol. The number of carbonyl (C=O) groups is 2. The van der Waals surface area contributed by atoms with Crippen LogP contribution in [0.3, 0.4) is 0 Å². The fourth-order valence-corrected chi connectivity index (χ4v) is 3.61. The number of thiocarbonyl (C=S) groups is 1. The average molecular weight is 467 g/mol. The number of carbonyl (C=O) groups excluding carboxylic acids is 2. The Morgan fingerprint density at radius 2 is 1.58 bits per heavy atom. The average Bonchev–Trinajstić information content (AvgIpc) is 2.77. The first-order chi connectivity index (χ1) is 15.7. The van der Waals surface area contributed by atoms with Gasteiger partial charge in [0.1, 0.15) is 0 Å². The molecule has 2 aromatic rings. The number of hydrogen-bond donors (Lipinski definition) is 3. The molecule has 0 saturated heterocycles. The molecule has 0 saturated carbocycles. The summed E-state index contributed by atoms with van der Waals surface area (Å²) in [5, 5.41) is 9.38. The second-order valence-electron chi connectivity index (χ2n) is 8.50. The summed E-state index contributed by atoms with van der Waals surface area (Å²) in [7, 11) is 1.82. The van der Waals surface area contributed by atoms with Gasteiger partial charge in [-0.25, -0.2) is 9.59 Å². The normalized spacial score (nSPS) is 15.9. The van der Waals surface area contributed by atoms with Crippen LogP contribution in [0.25, 0.3) is 0 Å². The van der Waals surface area contributed by atoms with E-state index in [2.05, 4.69) is 16.0 Å². The molecule has 0 bridgehead atoms. The first kappa shape index (κ1) is 24.3. The number of rotatable bonds is 6. The third kappa shape index (κ3) is 6.10. The maximum Gasteiger partial charge on any atom is 0.338 e. The van der Waals surface area contributed by atoms with Crippen molar-refractivity contribution in [3.8, 4) is 0 Å². The van der Waals surface area contributed by atoms with Crippen LogP contribution in [0.15, 0.2) is 59.8 Å². The van der Waals surface area contributed by atoms with Crippen LogP contribution in [0.5, 0.6) is 0 Å². The molecule has 0 aliphatic carbocycles. The van der Waals surface area contributed by atoms with E-state index in [1.54, 1.807) is 17.0 Å². The highest BCUT2D eigenvalue weighted by atomic mass is 32.1. The molecule has 0 radical (unpaired) electrons. The Hall–Kier alpha value is -3.39. The zero-order valence-electron chi connectivity index (χ0n) is 19.6. The van der Waals surface area contributed by atoms with Crippen molar-refractivity contribution < 1.29 is 14.3 Å². The predicted molar refractivity (Wildman–Crippen MR) is 135 cm³/mol. The number of urea groups is 1. The summed E-state index contributed by atoms with van der Waals surface area (Å²) in [6.45, 7) is 8.18. The zero-order chi connectivity index (χ0) is 24.1. The first-order valence-electron chi connectivity index (χ1n) is 10.8. The molecule has 3 N–H and O–H groups in total. The van der Waals surface area contributed by atoms with Crippen molar-refractivity contribution in [2.24, 2.45) is 5.92 Å². The van der Waals surface area contributed by atoms with Gasteiger partial charge in [-0.2, -0.15) is 0 Å². The summed E-state index contributed by atoms with van der Waals surface area (Å²) in [5.74, 6) is -0.132. The van der Waals surface area contributed by atoms with Gasteiger partial charge in [0, 0.05) is 24.1 Å². The quantitative estimate of drug-likeness (QED) is 0.412. The van der Waals surface area contributed by atoms with Gasteiger partial charge in [0.05, 0.1) is 18.2 Å². The van der Waals surface area contributed by atoms with Gasteiger partial charge in [0.2, 0.25) is 0 Å². The molecular formula is C25H30N4O3S. The standard InChI is InChI=1S/C25H30N4O3S/c1-15(2)14-32-23(30)21-17(4)29(5)25(33)28-22(21)18-8-12-20(13-9-18)27-24(31)26-19-10-6-16(3)7-11-19/h6-13,15,22H,14H2,1-5H3,(H,28,33)(H2,26,27,31)/t22-/m1/s1. The van der Waals surface area contributed by atoms with Gasteiger partial charge in [-0.15, -0.1) is 0 Å². The highest BCUT2D eigenvalue weighted by Crippen LogP contribution is 2.31. The second kappa shape index (κ2) is 10.5. The summed E-state index contributed by atoms with van der Waals surface area (Å²) < 4.78 is 5.52. The molecule has 7 nitrogen and oxygen atoms in total. The number of nitrogens with zero attached hydrogens (tertiary/aromatic N) is 1. The van der Waals surface area contributed by atoms with Crippen molar-refractivity contribution in [2.45, 2.75) is 33.7 Å². The Bertz CT molecular complexity index is 1060. The van der Waals surface area contributed by atoms with Crippen molar-refractivity contribution in [3.63, 3.8) is 0 Å². The van der Waals surface area contributed by atoms with Crippen LogP contribution in [0.1, 0.15) is 37.9 Å². The fourth-order valence-electron chi connectivity index (χ4n) is 3.36. The highest BCUT2D eigenvalue weighted by Gasteiger charge is 2.33. The number of ether oxygens (including phenoxy) is 1. The monoisotopic (exact) mass is 466 g/mol. The molecule has 1 aliphatic heterocycles. The topological polar surface area (TPSA) is 82.7 Å². The van der Waals surface area contributed by atoms with E-state index in [0.29, 0.717) is 28.7 Å². The smallest absolute Gasteiger partial charge is 0.338 e. The van der Waals surface area contributed by atoms with Gasteiger partial charge in [-0.3, -0.25) is 0 Å². The van der Waals surface area contributed by atoms with E-state index < -0.39 is 6.04 Å². The van der Waals surface area contributed by atoms with E-state index >= 15 is 0 Å². The Morgan fingerprint density at radius 3 is 2.12 bits per heavy atom. The van der Waals surface area contributed by atoms with Crippen LogP contribution in [0.4, 0.5) is 16.2 Å². The maximum absolute atomic E-state index is 12.9. The number of nitrogens with one attached hydrogen (secondary N) is 3. The minimum Gasteiger partial charge on any atom is -0.462 e. The molecule has 3 rings (SSSR count). The molecule has 0 aromatic heterocycles. The predicted octanol–water partition coefficient (Wildman–Crippen LogP) is 4.97. The lowest BCUT2D eigenvalue weighted by Crippen LogP contribution is -2.46. The molecule has 33 heavy (non-hydrogen) atoms. The lowest BCUT2D eigenvalue weighted by atomic mass is 9.95. The lowest BCUT2D eigenvalue weighted by molar-refractivity contribution is -0.140. The van der Waals surface area contributed by atoms with Gasteiger partial charge in [0.25, 0.3) is 0 Å². The van der Waals surface area contributed by atoms with Crippen LogP contribution in [-0.2, 0) is 9.53 Å². The van der Waals surface area contributed by atoms with Crippen molar-refractivity contribution in [1.82, 2.24) is 10.2 Å². The van der Waals surface area contributed by atoms with E-state index in [1.165, 1.54) is 0 Å². The van der Waals surface area contributed by atoms with Gasteiger partial charge < -0.3 is 25.6 Å². The van der Waals surface area contributed by atoms with Gasteiger partial charge >= 0.3 is 12.0 Å². The van der Waals surface area contributed by atoms with Crippen molar-refractivity contribution in [3.05, 3.63) is 70.9 Å². The molecule has 0 unspecified atom stereocenters. The first-order valence-corrected chi connectivity index (χ1v) is 11.2. The number of anilines is 2. The number of aryl methyl sites for hydroxylation is 1. The van der Waals surface area contributed by atoms with Crippen molar-refractivity contribution >= 4 is 40.7 Å². The second-order valence-corrected chi connectivity index (χ2v) is 8.89. The van der Waals surface area contributed by atoms with Crippen molar-refractivity contribution in [2.75, 3.05) is 24.3 Å². The number of benzene rings is 2. The number of amides is 2. The molecule has 2 aromatic carbocycles. The maximum atomic E-state index is 12.9. The van der Waals surface area contributed by atoms with Gasteiger partial charge in [0.15, 0.2) is 5.11 Å². The van der Waals surface area contributed by atoms with Gasteiger partial charge in [-0.1, -0.05) is 43.7 Å². The lowest BCUT2D eigenvalue weighted by Gasteiger charge is -2.35. The minimum absolute atomic E-state index is 0.236. The molecule has 1 aliphatic rings. The SMILES string of the molecule is CC1=C(C(=O)OCC(C)C)[C@@H](c2ccc(NC(=O)Nc3ccc(C)cc3)cc2)NC(=S)N1C. The van der Waals surface area contributed by atoms with Crippen LogP contribution in [-0.4, -0.2) is 35.7 Å². The Kier molecular flexibility index (Phi) is 7.71. The molecule has 174 valence electrons.